The SMILES string of the molecule is CCCCCCCCCCCCCCCC[n+]1ccccc1.CCCCCCCCCCCC[n+]1ccccc1.[Br-].[Br-]. The summed E-state index contributed by atoms with van der Waals surface area (Å²) in [7, 11) is 0. The standard InChI is InChI=1S/C21H38N.C17H30N.2BrH/c1-2-3-4-5-6-7-8-9-10-11-12-13-14-16-19-22-20-17-15-18-21-22;1-2-3-4-5-6-7-8-9-10-12-15-18-16-13-11-14-17-18;;/h15,17-18,20-21H,2-14,16,19H2,1H3;11,13-14,16-17H,2-10,12,15H2,1H3;2*1H/q2*+1;;/p-2. The molecule has 0 N–H and O–H groups in total. The van der Waals surface area contributed by atoms with Gasteiger partial charge >= 0.3 is 0 Å². The van der Waals surface area contributed by atoms with Crippen molar-refractivity contribution in [2.24, 2.45) is 0 Å². The predicted octanol–water partition coefficient (Wildman–Crippen LogP) is 5.36. The van der Waals surface area contributed by atoms with Gasteiger partial charge in [-0.05, 0) is 12.8 Å². The first-order chi connectivity index (χ1) is 19.9. The van der Waals surface area contributed by atoms with Crippen LogP contribution in [0.1, 0.15) is 168 Å². The second kappa shape index (κ2) is 36.5. The van der Waals surface area contributed by atoms with Gasteiger partial charge in [0, 0.05) is 37.1 Å². The largest absolute Gasteiger partial charge is 1.00 e. The highest BCUT2D eigenvalue weighted by Crippen LogP contribution is 2.13. The van der Waals surface area contributed by atoms with Gasteiger partial charge in [-0.3, -0.25) is 0 Å². The summed E-state index contributed by atoms with van der Waals surface area (Å²) in [6.45, 7) is 6.93. The Kier molecular flexibility index (Phi) is 37.7. The monoisotopic (exact) mass is 710 g/mol. The van der Waals surface area contributed by atoms with Gasteiger partial charge in [0.25, 0.3) is 0 Å². The number of nitrogens with zero attached hydrogens (tertiary/aromatic N) is 2. The Hall–Kier alpha value is -0.740. The smallest absolute Gasteiger partial charge is 0.168 e. The molecular weight excluding hydrogens is 644 g/mol. The molecule has 0 saturated carbocycles. The normalized spacial score (nSPS) is 10.3. The molecule has 2 heterocycles. The van der Waals surface area contributed by atoms with E-state index >= 15 is 0 Å². The van der Waals surface area contributed by atoms with Crippen LogP contribution in [-0.2, 0) is 13.1 Å². The highest BCUT2D eigenvalue weighted by molar-refractivity contribution is 4.84. The summed E-state index contributed by atoms with van der Waals surface area (Å²) in [5.41, 5.74) is 0. The average molecular weight is 713 g/mol. The van der Waals surface area contributed by atoms with Crippen LogP contribution in [0.2, 0.25) is 0 Å². The van der Waals surface area contributed by atoms with Crippen LogP contribution in [-0.4, -0.2) is 0 Å². The molecule has 42 heavy (non-hydrogen) atoms. The summed E-state index contributed by atoms with van der Waals surface area (Å²) in [6.07, 6.45) is 42.9. The first-order valence-corrected chi connectivity index (χ1v) is 17.7. The van der Waals surface area contributed by atoms with Crippen LogP contribution in [0.15, 0.2) is 61.2 Å². The second-order valence-corrected chi connectivity index (χ2v) is 12.0. The van der Waals surface area contributed by atoms with Crippen LogP contribution in [0, 0.1) is 0 Å². The molecule has 2 aromatic rings. The van der Waals surface area contributed by atoms with Crippen molar-refractivity contribution in [1.82, 2.24) is 0 Å². The van der Waals surface area contributed by atoms with Crippen LogP contribution in [0.5, 0.6) is 0 Å². The summed E-state index contributed by atoms with van der Waals surface area (Å²) >= 11 is 0. The van der Waals surface area contributed by atoms with E-state index in [9.17, 15) is 0 Å². The highest BCUT2D eigenvalue weighted by atomic mass is 79.9. The molecule has 0 radical (unpaired) electrons. The second-order valence-electron chi connectivity index (χ2n) is 12.0. The predicted molar refractivity (Wildman–Crippen MR) is 175 cm³/mol. The van der Waals surface area contributed by atoms with E-state index in [0.29, 0.717) is 0 Å². The fourth-order valence-corrected chi connectivity index (χ4v) is 5.44. The highest BCUT2D eigenvalue weighted by Gasteiger charge is 1.99. The van der Waals surface area contributed by atoms with Crippen molar-refractivity contribution in [2.45, 2.75) is 181 Å². The van der Waals surface area contributed by atoms with Crippen LogP contribution < -0.4 is 43.1 Å². The van der Waals surface area contributed by atoms with Crippen molar-refractivity contribution >= 4 is 0 Å². The van der Waals surface area contributed by atoms with E-state index < -0.39 is 0 Å². The minimum Gasteiger partial charge on any atom is -1.00 e. The number of halogens is 2. The van der Waals surface area contributed by atoms with Gasteiger partial charge in [0.2, 0.25) is 0 Å². The molecule has 0 fully saturated rings. The van der Waals surface area contributed by atoms with E-state index in [1.54, 1.807) is 0 Å². The zero-order valence-electron chi connectivity index (χ0n) is 27.8. The molecule has 0 aliphatic heterocycles. The van der Waals surface area contributed by atoms with Gasteiger partial charge in [-0.2, -0.15) is 0 Å². The molecule has 2 aromatic heterocycles. The first kappa shape index (κ1) is 43.4. The lowest BCUT2D eigenvalue weighted by Gasteiger charge is -2.02. The third kappa shape index (κ3) is 30.7. The molecule has 0 aromatic carbocycles. The summed E-state index contributed by atoms with van der Waals surface area (Å²) in [5, 5.41) is 0. The summed E-state index contributed by atoms with van der Waals surface area (Å²) < 4.78 is 4.57. The Morgan fingerprint density at radius 3 is 0.738 bits per heavy atom. The number of unbranched alkanes of at least 4 members (excludes halogenated alkanes) is 22. The fourth-order valence-electron chi connectivity index (χ4n) is 5.44. The Bertz CT molecular complexity index is 726. The van der Waals surface area contributed by atoms with E-state index in [1.165, 1.54) is 167 Å². The summed E-state index contributed by atoms with van der Waals surface area (Å²) in [5.74, 6) is 0. The Balaban J connectivity index is 0. The van der Waals surface area contributed by atoms with Crippen molar-refractivity contribution in [3.63, 3.8) is 0 Å². The van der Waals surface area contributed by atoms with E-state index in [2.05, 4.69) is 84.2 Å². The topological polar surface area (TPSA) is 7.76 Å². The van der Waals surface area contributed by atoms with Crippen LogP contribution in [0.4, 0.5) is 0 Å². The van der Waals surface area contributed by atoms with Crippen molar-refractivity contribution < 1.29 is 43.1 Å². The molecule has 2 rings (SSSR count). The molecule has 0 spiro atoms. The maximum atomic E-state index is 2.29. The van der Waals surface area contributed by atoms with Crippen LogP contribution in [0.25, 0.3) is 0 Å². The van der Waals surface area contributed by atoms with Gasteiger partial charge < -0.3 is 34.0 Å². The summed E-state index contributed by atoms with van der Waals surface area (Å²) in [4.78, 5) is 0. The van der Waals surface area contributed by atoms with Crippen molar-refractivity contribution in [2.75, 3.05) is 0 Å². The van der Waals surface area contributed by atoms with Gasteiger partial charge in [0.05, 0.1) is 0 Å². The Morgan fingerprint density at radius 2 is 0.500 bits per heavy atom. The fraction of sp³-hybridized carbons (Fsp3) is 0.737. The molecule has 0 aliphatic carbocycles. The zero-order chi connectivity index (χ0) is 28.6. The Morgan fingerprint density at radius 1 is 0.286 bits per heavy atom. The van der Waals surface area contributed by atoms with Crippen molar-refractivity contribution in [1.29, 1.82) is 0 Å². The number of hydrogen-bond donors (Lipinski definition) is 0. The van der Waals surface area contributed by atoms with Gasteiger partial charge in [0.1, 0.15) is 13.1 Å². The number of hydrogen-bond acceptors (Lipinski definition) is 0. The molecule has 4 heteroatoms. The third-order valence-corrected chi connectivity index (χ3v) is 8.09. The molecule has 0 atom stereocenters. The lowest BCUT2D eigenvalue weighted by molar-refractivity contribution is -0.697. The molecular formula is C38H68Br2N2. The Labute approximate surface area is 284 Å². The number of pyridine rings is 2. The van der Waals surface area contributed by atoms with E-state index in [4.69, 9.17) is 0 Å². The molecule has 0 amide bonds. The van der Waals surface area contributed by atoms with Gasteiger partial charge in [0.15, 0.2) is 24.8 Å². The number of aryl methyl sites for hydroxylation is 2. The molecule has 0 saturated heterocycles. The molecule has 0 unspecified atom stereocenters. The maximum Gasteiger partial charge on any atom is 0.168 e. The molecule has 2 nitrogen and oxygen atoms in total. The van der Waals surface area contributed by atoms with Gasteiger partial charge in [-0.1, -0.05) is 154 Å². The molecule has 0 aliphatic rings. The van der Waals surface area contributed by atoms with Crippen molar-refractivity contribution in [3.8, 4) is 0 Å². The quantitative estimate of drug-likeness (QED) is 0.0918. The zero-order valence-corrected chi connectivity index (χ0v) is 31.0. The van der Waals surface area contributed by atoms with Gasteiger partial charge in [-0.25, -0.2) is 9.13 Å². The summed E-state index contributed by atoms with van der Waals surface area (Å²) in [6, 6.07) is 12.6. The number of rotatable bonds is 26. The molecule has 244 valence electrons. The number of aromatic nitrogens is 2. The first-order valence-electron chi connectivity index (χ1n) is 17.7. The lowest BCUT2D eigenvalue weighted by atomic mass is 10.0. The maximum absolute atomic E-state index is 2.29. The van der Waals surface area contributed by atoms with E-state index in [0.717, 1.165) is 0 Å². The average Bonchev–Trinajstić information content (AvgIpc) is 3.00. The third-order valence-electron chi connectivity index (χ3n) is 8.09. The lowest BCUT2D eigenvalue weighted by Crippen LogP contribution is -3.00. The van der Waals surface area contributed by atoms with E-state index in [-0.39, 0.29) is 34.0 Å². The molecule has 0 bridgehead atoms. The van der Waals surface area contributed by atoms with E-state index in [1.807, 2.05) is 0 Å². The van der Waals surface area contributed by atoms with Crippen molar-refractivity contribution in [3.05, 3.63) is 61.2 Å². The van der Waals surface area contributed by atoms with Gasteiger partial charge in [-0.15, -0.1) is 0 Å². The minimum atomic E-state index is 0. The van der Waals surface area contributed by atoms with Crippen LogP contribution in [0.3, 0.4) is 0 Å². The minimum absolute atomic E-state index is 0. The van der Waals surface area contributed by atoms with Crippen LogP contribution >= 0.6 is 0 Å².